The van der Waals surface area contributed by atoms with Gasteiger partial charge in [-0.05, 0) is 57.5 Å². The molecule has 3 N–H and O–H groups in total. The Kier molecular flexibility index (Phi) is 10.9. The standard InChI is InChI=1S/C31H39N5O7/c1-8-31(4,5)34-30(40)28(23-10-9-11-24(41-6)29(23)42-7)36(22-14-12-21(13-15-22)32-20(3)37)27(39)17-16-26(38)33-25-18-19(2)43-35-25/h9-15,18,28H,8,16-17H2,1-7H3,(H,32,37)(H,34,40)(H,33,35,38)/t28-/m1/s1. The predicted octanol–water partition coefficient (Wildman–Crippen LogP) is 4.76. The number of carbonyl (C=O) groups is 4. The number of methoxy groups -OCH3 is 2. The number of hydrogen-bond acceptors (Lipinski definition) is 8. The molecule has 0 fully saturated rings. The monoisotopic (exact) mass is 593 g/mol. The van der Waals surface area contributed by atoms with Gasteiger partial charge in [0.25, 0.3) is 0 Å². The summed E-state index contributed by atoms with van der Waals surface area (Å²) >= 11 is 0. The maximum absolute atomic E-state index is 14.1. The minimum atomic E-state index is -1.21. The molecule has 12 nitrogen and oxygen atoms in total. The van der Waals surface area contributed by atoms with Gasteiger partial charge in [0.2, 0.25) is 23.6 Å². The molecule has 230 valence electrons. The second-order valence-electron chi connectivity index (χ2n) is 10.6. The van der Waals surface area contributed by atoms with E-state index in [2.05, 4.69) is 21.1 Å². The highest BCUT2D eigenvalue weighted by Crippen LogP contribution is 2.40. The van der Waals surface area contributed by atoms with Crippen LogP contribution in [0.1, 0.15) is 64.3 Å². The summed E-state index contributed by atoms with van der Waals surface area (Å²) in [5.74, 6) is -0.242. The first-order chi connectivity index (χ1) is 20.4. The van der Waals surface area contributed by atoms with Crippen LogP contribution in [0.3, 0.4) is 0 Å². The zero-order valence-corrected chi connectivity index (χ0v) is 25.6. The van der Waals surface area contributed by atoms with E-state index in [1.165, 1.54) is 26.0 Å². The number of nitrogens with one attached hydrogen (secondary N) is 3. The largest absolute Gasteiger partial charge is 0.493 e. The Balaban J connectivity index is 2.10. The molecule has 0 radical (unpaired) electrons. The normalized spacial score (nSPS) is 11.7. The van der Waals surface area contributed by atoms with E-state index in [0.29, 0.717) is 34.9 Å². The molecule has 43 heavy (non-hydrogen) atoms. The molecular formula is C31H39N5O7. The van der Waals surface area contributed by atoms with Crippen LogP contribution < -0.4 is 30.3 Å². The van der Waals surface area contributed by atoms with E-state index in [4.69, 9.17) is 14.0 Å². The third-order valence-corrected chi connectivity index (χ3v) is 6.78. The SMILES string of the molecule is CCC(C)(C)NC(=O)[C@@H](c1cccc(OC)c1OC)N(C(=O)CCC(=O)Nc1cc(C)on1)c1ccc(NC(C)=O)cc1. The number of aryl methyl sites for hydroxylation is 1. The van der Waals surface area contributed by atoms with Gasteiger partial charge in [-0.1, -0.05) is 24.2 Å². The summed E-state index contributed by atoms with van der Waals surface area (Å²) in [7, 11) is 2.94. The summed E-state index contributed by atoms with van der Waals surface area (Å²) in [5.41, 5.74) is 0.665. The van der Waals surface area contributed by atoms with Crippen molar-refractivity contribution in [2.24, 2.45) is 0 Å². The Bertz CT molecular complexity index is 1450. The summed E-state index contributed by atoms with van der Waals surface area (Å²) in [6.07, 6.45) is 0.209. The number of benzene rings is 2. The van der Waals surface area contributed by atoms with Crippen molar-refractivity contribution in [2.75, 3.05) is 29.8 Å². The summed E-state index contributed by atoms with van der Waals surface area (Å²) < 4.78 is 16.2. The Morgan fingerprint density at radius 1 is 1.00 bits per heavy atom. The Morgan fingerprint density at radius 2 is 1.70 bits per heavy atom. The third-order valence-electron chi connectivity index (χ3n) is 6.78. The predicted molar refractivity (Wildman–Crippen MR) is 162 cm³/mol. The molecule has 0 aliphatic carbocycles. The van der Waals surface area contributed by atoms with Crippen LogP contribution >= 0.6 is 0 Å². The van der Waals surface area contributed by atoms with Crippen molar-refractivity contribution in [1.29, 1.82) is 0 Å². The second kappa shape index (κ2) is 14.3. The molecule has 0 aliphatic rings. The van der Waals surface area contributed by atoms with Crippen LogP contribution in [-0.2, 0) is 19.2 Å². The average Bonchev–Trinajstić information content (AvgIpc) is 3.38. The van der Waals surface area contributed by atoms with E-state index in [-0.39, 0.29) is 30.3 Å². The first-order valence-electron chi connectivity index (χ1n) is 13.8. The maximum Gasteiger partial charge on any atom is 0.248 e. The Hall–Kier alpha value is -4.87. The number of hydrogen-bond donors (Lipinski definition) is 3. The molecule has 3 aromatic rings. The van der Waals surface area contributed by atoms with Gasteiger partial charge in [0, 0.05) is 48.3 Å². The molecule has 4 amide bonds. The number of nitrogens with zero attached hydrogens (tertiary/aromatic N) is 2. The van der Waals surface area contributed by atoms with Crippen LogP contribution in [0, 0.1) is 6.92 Å². The molecule has 0 saturated heterocycles. The molecule has 0 bridgehead atoms. The minimum absolute atomic E-state index is 0.185. The highest BCUT2D eigenvalue weighted by molar-refractivity contribution is 6.04. The average molecular weight is 594 g/mol. The lowest BCUT2D eigenvalue weighted by Crippen LogP contribution is -2.50. The van der Waals surface area contributed by atoms with Gasteiger partial charge in [0.05, 0.1) is 14.2 Å². The number of carbonyl (C=O) groups excluding carboxylic acids is 4. The fraction of sp³-hybridized carbons (Fsp3) is 0.387. The summed E-state index contributed by atoms with van der Waals surface area (Å²) in [6.45, 7) is 8.80. The first kappa shape index (κ1) is 32.6. The fourth-order valence-corrected chi connectivity index (χ4v) is 4.33. The first-order valence-corrected chi connectivity index (χ1v) is 13.8. The van der Waals surface area contributed by atoms with E-state index >= 15 is 0 Å². The molecule has 0 spiro atoms. The lowest BCUT2D eigenvalue weighted by atomic mass is 9.97. The number of ether oxygens (including phenoxy) is 2. The van der Waals surface area contributed by atoms with E-state index in [1.54, 1.807) is 55.5 Å². The zero-order chi connectivity index (χ0) is 31.7. The lowest BCUT2D eigenvalue weighted by Gasteiger charge is -2.35. The van der Waals surface area contributed by atoms with Crippen LogP contribution in [0.4, 0.5) is 17.2 Å². The van der Waals surface area contributed by atoms with E-state index in [0.717, 1.165) is 0 Å². The summed E-state index contributed by atoms with van der Waals surface area (Å²) in [6, 6.07) is 11.9. The van der Waals surface area contributed by atoms with Crippen LogP contribution in [-0.4, -0.2) is 48.5 Å². The van der Waals surface area contributed by atoms with Gasteiger partial charge in [-0.15, -0.1) is 0 Å². The molecule has 1 heterocycles. The number of amides is 4. The Labute approximate surface area is 251 Å². The molecule has 2 aromatic carbocycles. The third kappa shape index (κ3) is 8.57. The van der Waals surface area contributed by atoms with Crippen molar-refractivity contribution in [2.45, 2.75) is 65.5 Å². The highest BCUT2D eigenvalue weighted by Gasteiger charge is 2.37. The van der Waals surface area contributed by atoms with Crippen molar-refractivity contribution in [1.82, 2.24) is 10.5 Å². The van der Waals surface area contributed by atoms with E-state index in [1.807, 2.05) is 20.8 Å². The number of anilines is 3. The van der Waals surface area contributed by atoms with E-state index < -0.39 is 29.3 Å². The fourth-order valence-electron chi connectivity index (χ4n) is 4.33. The summed E-state index contributed by atoms with van der Waals surface area (Å²) in [4.78, 5) is 53.8. The van der Waals surface area contributed by atoms with Crippen LogP contribution in [0.5, 0.6) is 11.5 Å². The van der Waals surface area contributed by atoms with Crippen LogP contribution in [0.25, 0.3) is 0 Å². The summed E-state index contributed by atoms with van der Waals surface area (Å²) in [5, 5.41) is 12.1. The number of para-hydroxylation sites is 1. The minimum Gasteiger partial charge on any atom is -0.493 e. The highest BCUT2D eigenvalue weighted by atomic mass is 16.5. The van der Waals surface area contributed by atoms with Gasteiger partial charge in [-0.25, -0.2) is 0 Å². The van der Waals surface area contributed by atoms with Gasteiger partial charge in [-0.2, -0.15) is 0 Å². The number of rotatable bonds is 13. The molecular weight excluding hydrogens is 554 g/mol. The van der Waals surface area contributed by atoms with Gasteiger partial charge in [0.1, 0.15) is 11.8 Å². The molecule has 12 heteroatoms. The van der Waals surface area contributed by atoms with Crippen LogP contribution in [0.15, 0.2) is 53.1 Å². The van der Waals surface area contributed by atoms with Crippen LogP contribution in [0.2, 0.25) is 0 Å². The van der Waals surface area contributed by atoms with Crippen molar-refractivity contribution in [3.8, 4) is 11.5 Å². The van der Waals surface area contributed by atoms with Gasteiger partial charge < -0.3 is 29.9 Å². The molecule has 0 aliphatic heterocycles. The molecule has 1 atom stereocenters. The van der Waals surface area contributed by atoms with Crippen molar-refractivity contribution < 1.29 is 33.2 Å². The smallest absolute Gasteiger partial charge is 0.248 e. The maximum atomic E-state index is 14.1. The quantitative estimate of drug-likeness (QED) is 0.257. The molecule has 0 unspecified atom stereocenters. The van der Waals surface area contributed by atoms with Gasteiger partial charge >= 0.3 is 0 Å². The molecule has 3 rings (SSSR count). The van der Waals surface area contributed by atoms with Crippen molar-refractivity contribution >= 4 is 40.8 Å². The zero-order valence-electron chi connectivity index (χ0n) is 25.6. The number of aromatic nitrogens is 1. The van der Waals surface area contributed by atoms with E-state index in [9.17, 15) is 19.2 Å². The second-order valence-corrected chi connectivity index (χ2v) is 10.6. The molecule has 0 saturated carbocycles. The Morgan fingerprint density at radius 3 is 2.26 bits per heavy atom. The lowest BCUT2D eigenvalue weighted by molar-refractivity contribution is -0.128. The molecule has 1 aromatic heterocycles. The topological polar surface area (TPSA) is 152 Å². The van der Waals surface area contributed by atoms with Gasteiger partial charge in [0.15, 0.2) is 17.3 Å². The van der Waals surface area contributed by atoms with Crippen molar-refractivity contribution in [3.05, 3.63) is 59.9 Å². The van der Waals surface area contributed by atoms with Crippen molar-refractivity contribution in [3.63, 3.8) is 0 Å². The van der Waals surface area contributed by atoms with Gasteiger partial charge in [-0.3, -0.25) is 24.1 Å².